The van der Waals surface area contributed by atoms with Gasteiger partial charge in [0.2, 0.25) is 10.0 Å². The Morgan fingerprint density at radius 3 is 2.49 bits per heavy atom. The minimum atomic E-state index is -4.01. The maximum atomic E-state index is 13.1. The summed E-state index contributed by atoms with van der Waals surface area (Å²) >= 11 is 0. The molecular formula is C23H26N2O9S. The predicted octanol–water partition coefficient (Wildman–Crippen LogP) is 1.97. The number of rotatable bonds is 8. The maximum absolute atomic E-state index is 13.1. The van der Waals surface area contributed by atoms with E-state index in [1.165, 1.54) is 33.3 Å². The first-order valence-corrected chi connectivity index (χ1v) is 12.3. The Kier molecular flexibility index (Phi) is 7.26. The van der Waals surface area contributed by atoms with E-state index >= 15 is 0 Å². The van der Waals surface area contributed by atoms with Gasteiger partial charge < -0.3 is 23.7 Å². The molecule has 0 bridgehead atoms. The fourth-order valence-corrected chi connectivity index (χ4v) is 5.44. The highest BCUT2D eigenvalue weighted by Gasteiger charge is 2.50. The highest BCUT2D eigenvalue weighted by molar-refractivity contribution is 7.89. The lowest BCUT2D eigenvalue weighted by Crippen LogP contribution is -2.44. The quantitative estimate of drug-likeness (QED) is 0.515. The first-order valence-electron chi connectivity index (χ1n) is 10.8. The molecule has 2 fully saturated rings. The van der Waals surface area contributed by atoms with Crippen LogP contribution in [0.2, 0.25) is 0 Å². The Bertz CT molecular complexity index is 1220. The van der Waals surface area contributed by atoms with Crippen LogP contribution in [-0.2, 0) is 24.2 Å². The van der Waals surface area contributed by atoms with E-state index in [0.29, 0.717) is 17.0 Å². The number of Topliss-reactive ketones (excluding diaryl/α,β-unsaturated/α-hetero) is 1. The molecule has 0 radical (unpaired) electrons. The van der Waals surface area contributed by atoms with E-state index in [9.17, 15) is 18.0 Å². The molecule has 0 aliphatic carbocycles. The summed E-state index contributed by atoms with van der Waals surface area (Å²) < 4.78 is 56.0. The Balaban J connectivity index is 1.40. The molecule has 2 aliphatic rings. The summed E-state index contributed by atoms with van der Waals surface area (Å²) in [5.41, 5.74) is 0.859. The number of anilines is 1. The van der Waals surface area contributed by atoms with Crippen LogP contribution in [0.5, 0.6) is 11.5 Å². The molecule has 11 nitrogen and oxygen atoms in total. The number of amides is 1. The molecule has 35 heavy (non-hydrogen) atoms. The van der Waals surface area contributed by atoms with Crippen LogP contribution in [0.4, 0.5) is 10.5 Å². The first-order chi connectivity index (χ1) is 16.7. The van der Waals surface area contributed by atoms with Gasteiger partial charge in [0.05, 0.1) is 33.5 Å². The number of nitrogens with one attached hydrogen (secondary N) is 2. The van der Waals surface area contributed by atoms with Gasteiger partial charge in [-0.1, -0.05) is 12.1 Å². The van der Waals surface area contributed by atoms with Crippen LogP contribution in [-0.4, -0.2) is 72.1 Å². The number of benzene rings is 2. The smallest absolute Gasteiger partial charge is 0.412 e. The van der Waals surface area contributed by atoms with Gasteiger partial charge in [-0.2, -0.15) is 0 Å². The Morgan fingerprint density at radius 2 is 1.77 bits per heavy atom. The van der Waals surface area contributed by atoms with Crippen molar-refractivity contribution in [1.29, 1.82) is 0 Å². The second kappa shape index (κ2) is 10.2. The van der Waals surface area contributed by atoms with E-state index in [0.717, 1.165) is 0 Å². The van der Waals surface area contributed by atoms with Gasteiger partial charge in [0, 0.05) is 17.3 Å². The zero-order valence-electron chi connectivity index (χ0n) is 19.3. The summed E-state index contributed by atoms with van der Waals surface area (Å²) in [7, 11) is -1.20. The molecule has 2 aliphatic heterocycles. The normalized spacial score (nSPS) is 23.4. The summed E-state index contributed by atoms with van der Waals surface area (Å²) in [4.78, 5) is 23.9. The van der Waals surface area contributed by atoms with Crippen molar-refractivity contribution in [3.05, 3.63) is 48.0 Å². The molecule has 4 rings (SSSR count). The number of hydrogen-bond acceptors (Lipinski definition) is 9. The van der Waals surface area contributed by atoms with Crippen molar-refractivity contribution in [3.8, 4) is 11.5 Å². The zero-order valence-corrected chi connectivity index (χ0v) is 20.2. The highest BCUT2D eigenvalue weighted by Crippen LogP contribution is 2.32. The lowest BCUT2D eigenvalue weighted by Gasteiger charge is -2.19. The third-order valence-corrected chi connectivity index (χ3v) is 7.26. The van der Waals surface area contributed by atoms with E-state index in [-0.39, 0.29) is 29.6 Å². The van der Waals surface area contributed by atoms with Crippen molar-refractivity contribution in [1.82, 2.24) is 4.72 Å². The summed E-state index contributed by atoms with van der Waals surface area (Å²) in [6.45, 7) is 1.50. The Morgan fingerprint density at radius 1 is 1.00 bits per heavy atom. The van der Waals surface area contributed by atoms with Crippen LogP contribution in [0.25, 0.3) is 0 Å². The van der Waals surface area contributed by atoms with Crippen LogP contribution in [0.15, 0.2) is 47.4 Å². The number of methoxy groups -OCH3 is 2. The largest absolute Gasteiger partial charge is 0.497 e. The van der Waals surface area contributed by atoms with Crippen molar-refractivity contribution in [2.75, 3.05) is 32.8 Å². The van der Waals surface area contributed by atoms with E-state index < -0.39 is 40.5 Å². The number of carbonyl (C=O) groups is 2. The van der Waals surface area contributed by atoms with Crippen molar-refractivity contribution in [2.24, 2.45) is 0 Å². The Hall–Kier alpha value is -3.19. The van der Waals surface area contributed by atoms with Crippen LogP contribution >= 0.6 is 0 Å². The average Bonchev–Trinajstić information content (AvgIpc) is 3.41. The van der Waals surface area contributed by atoms with E-state index in [2.05, 4.69) is 10.0 Å². The highest BCUT2D eigenvalue weighted by atomic mass is 32.2. The molecule has 0 saturated carbocycles. The van der Waals surface area contributed by atoms with Gasteiger partial charge >= 0.3 is 6.09 Å². The third kappa shape index (κ3) is 5.40. The summed E-state index contributed by atoms with van der Waals surface area (Å²) in [5.74, 6) is 0.387. The fraction of sp³-hybridized carbons (Fsp3) is 0.391. The number of ether oxygens (including phenoxy) is 5. The second-order valence-electron chi connectivity index (χ2n) is 8.05. The van der Waals surface area contributed by atoms with Crippen molar-refractivity contribution in [3.63, 3.8) is 0 Å². The summed E-state index contributed by atoms with van der Waals surface area (Å²) in [6, 6.07) is 10.2. The molecule has 1 amide bonds. The predicted molar refractivity (Wildman–Crippen MR) is 123 cm³/mol. The molecule has 12 heteroatoms. The van der Waals surface area contributed by atoms with Gasteiger partial charge in [0.1, 0.15) is 28.6 Å². The average molecular weight is 507 g/mol. The van der Waals surface area contributed by atoms with Crippen LogP contribution < -0.4 is 19.5 Å². The van der Waals surface area contributed by atoms with Crippen molar-refractivity contribution in [2.45, 2.75) is 36.2 Å². The standard InChI is InChI=1S/C23H26N2O9S/c1-13(26)14-5-4-6-15(9-14)24-23(27)34-19-12-33-21-17(11-32-22(19)21)25-35(28,29)20-10-16(30-2)7-8-18(20)31-3/h4-10,17,19,21-22,25H,11-12H2,1-3H3,(H,24,27)/t17-,19-,21-,22+/m0/s1. The topological polar surface area (TPSA) is 138 Å². The maximum Gasteiger partial charge on any atom is 0.412 e. The summed E-state index contributed by atoms with van der Waals surface area (Å²) in [6.07, 6.45) is -2.78. The van der Waals surface area contributed by atoms with Crippen LogP contribution in [0.3, 0.4) is 0 Å². The number of ketones is 1. The SMILES string of the molecule is COc1ccc(OC)c(S(=O)(=O)N[C@H]2CO[C@H]3[C@H]2OC[C@@H]3OC(=O)Nc2cccc(C(C)=O)c2)c1. The van der Waals surface area contributed by atoms with Gasteiger partial charge in [-0.3, -0.25) is 10.1 Å². The molecule has 2 aromatic rings. The molecule has 188 valence electrons. The fourth-order valence-electron chi connectivity index (χ4n) is 4.02. The lowest BCUT2D eigenvalue weighted by atomic mass is 10.1. The molecule has 2 saturated heterocycles. The van der Waals surface area contributed by atoms with E-state index in [1.807, 2.05) is 0 Å². The molecule has 2 N–H and O–H groups in total. The Labute approximate surface area is 202 Å². The van der Waals surface area contributed by atoms with Gasteiger partial charge in [-0.05, 0) is 31.2 Å². The lowest BCUT2D eigenvalue weighted by molar-refractivity contribution is 0.00883. The molecule has 0 spiro atoms. The number of fused-ring (bicyclic) bond motifs is 1. The van der Waals surface area contributed by atoms with Gasteiger partial charge in [0.25, 0.3) is 0 Å². The zero-order chi connectivity index (χ0) is 25.2. The van der Waals surface area contributed by atoms with Crippen LogP contribution in [0, 0.1) is 0 Å². The number of sulfonamides is 1. The molecule has 0 aromatic heterocycles. The first kappa shape index (κ1) is 24.9. The van der Waals surface area contributed by atoms with Crippen molar-refractivity contribution >= 4 is 27.6 Å². The van der Waals surface area contributed by atoms with Gasteiger partial charge in [-0.15, -0.1) is 0 Å². The van der Waals surface area contributed by atoms with E-state index in [4.69, 9.17) is 23.7 Å². The second-order valence-corrected chi connectivity index (χ2v) is 9.73. The molecule has 4 atom stereocenters. The molecule has 2 heterocycles. The van der Waals surface area contributed by atoms with Crippen LogP contribution in [0.1, 0.15) is 17.3 Å². The minimum Gasteiger partial charge on any atom is -0.497 e. The monoisotopic (exact) mass is 506 g/mol. The number of carbonyl (C=O) groups excluding carboxylic acids is 2. The van der Waals surface area contributed by atoms with Gasteiger partial charge in [0.15, 0.2) is 11.9 Å². The molecular weight excluding hydrogens is 480 g/mol. The van der Waals surface area contributed by atoms with Crippen molar-refractivity contribution < 1.29 is 41.7 Å². The van der Waals surface area contributed by atoms with Gasteiger partial charge in [-0.25, -0.2) is 17.9 Å². The summed E-state index contributed by atoms with van der Waals surface area (Å²) in [5, 5.41) is 2.58. The minimum absolute atomic E-state index is 0.0307. The van der Waals surface area contributed by atoms with E-state index in [1.54, 1.807) is 30.3 Å². The molecule has 2 aromatic carbocycles. The molecule has 0 unspecified atom stereocenters. The number of hydrogen-bond donors (Lipinski definition) is 2. The third-order valence-electron chi connectivity index (χ3n) is 5.75.